The molecule has 6 aromatic heterocycles. The number of hydrogen-bond donors (Lipinski definition) is 9. The number of benzene rings is 3. The van der Waals surface area contributed by atoms with Crippen LogP contribution >= 0.6 is 58.8 Å². The number of nitrogens with zero attached hydrogens (tertiary/aromatic N) is 9. The number of halogens is 5. The van der Waals surface area contributed by atoms with E-state index in [1.807, 2.05) is 75.2 Å². The molecule has 5 aliphatic heterocycles. The number of fused-ring (bicyclic) bond motifs is 5. The van der Waals surface area contributed by atoms with Crippen molar-refractivity contribution in [1.82, 2.24) is 43.6 Å². The molecule has 9 aromatic rings. The molecule has 28 nitrogen and oxygen atoms in total. The molecule has 3 aromatic carbocycles. The second kappa shape index (κ2) is 31.1. The molecular formula is C67H83Cl5N12O16. The lowest BCUT2D eigenvalue weighted by Crippen LogP contribution is -2.47. The van der Waals surface area contributed by atoms with Crippen LogP contribution in [0.15, 0.2) is 129 Å². The monoisotopic (exact) mass is 1490 g/mol. The van der Waals surface area contributed by atoms with E-state index in [4.69, 9.17) is 94.3 Å². The Labute approximate surface area is 602 Å². The summed E-state index contributed by atoms with van der Waals surface area (Å²) >= 11 is 24.2. The van der Waals surface area contributed by atoms with Crippen LogP contribution in [0, 0.1) is 0 Å². The first-order valence-electron chi connectivity index (χ1n) is 31.3. The number of anilines is 2. The van der Waals surface area contributed by atoms with Crippen LogP contribution < -0.4 is 16.9 Å². The summed E-state index contributed by atoms with van der Waals surface area (Å²) in [5, 5.41) is 67.8. The van der Waals surface area contributed by atoms with Crippen LogP contribution in [0.1, 0.15) is 123 Å². The van der Waals surface area contributed by atoms with Crippen molar-refractivity contribution in [2.24, 2.45) is 5.90 Å². The minimum absolute atomic E-state index is 0. The van der Waals surface area contributed by atoms with Gasteiger partial charge in [0.05, 0.1) is 43.1 Å². The van der Waals surface area contributed by atoms with Gasteiger partial charge in [-0.1, -0.05) is 82.8 Å². The molecule has 5 fully saturated rings. The van der Waals surface area contributed by atoms with E-state index < -0.39 is 108 Å². The number of rotatable bonds is 13. The van der Waals surface area contributed by atoms with Crippen molar-refractivity contribution in [2.45, 2.75) is 177 Å². The van der Waals surface area contributed by atoms with Crippen molar-refractivity contribution in [3.63, 3.8) is 0 Å². The minimum Gasteiger partial charge on any atom is -0.391 e. The molecule has 0 bridgehead atoms. The number of aromatic nitrogens is 9. The smallest absolute Gasteiger partial charge is 0.165 e. The van der Waals surface area contributed by atoms with Gasteiger partial charge >= 0.3 is 0 Å². The highest BCUT2D eigenvalue weighted by atomic mass is 35.5. The van der Waals surface area contributed by atoms with E-state index in [2.05, 4.69) is 51.6 Å². The Kier molecular flexibility index (Phi) is 24.2. The zero-order chi connectivity index (χ0) is 71.9. The summed E-state index contributed by atoms with van der Waals surface area (Å²) in [7, 11) is 4.39. The van der Waals surface area contributed by atoms with Gasteiger partial charge < -0.3 is 82.3 Å². The van der Waals surface area contributed by atoms with E-state index in [9.17, 15) is 25.5 Å². The van der Waals surface area contributed by atoms with E-state index in [0.717, 1.165) is 5.39 Å². The van der Waals surface area contributed by atoms with Gasteiger partial charge in [-0.3, -0.25) is 9.68 Å². The molecule has 0 spiro atoms. The Bertz CT molecular complexity index is 4200. The van der Waals surface area contributed by atoms with Crippen LogP contribution in [0.5, 0.6) is 0 Å². The molecule has 5 aliphatic rings. The van der Waals surface area contributed by atoms with Crippen LogP contribution in [0.3, 0.4) is 0 Å². The molecular weight excluding hydrogens is 1410 g/mol. The van der Waals surface area contributed by atoms with Gasteiger partial charge in [0.2, 0.25) is 0 Å². The van der Waals surface area contributed by atoms with Gasteiger partial charge in [-0.25, -0.2) is 46.8 Å². The van der Waals surface area contributed by atoms with Crippen LogP contribution in [0.25, 0.3) is 33.1 Å². The minimum atomic E-state index is -1.72. The maximum absolute atomic E-state index is 11.3. The van der Waals surface area contributed by atoms with Crippen molar-refractivity contribution in [2.75, 3.05) is 32.3 Å². The van der Waals surface area contributed by atoms with Gasteiger partial charge in [-0.15, -0.1) is 12.4 Å². The summed E-state index contributed by atoms with van der Waals surface area (Å²) in [4.78, 5) is 39.1. The zero-order valence-corrected chi connectivity index (χ0v) is 60.7. The van der Waals surface area contributed by atoms with Gasteiger partial charge in [0.15, 0.2) is 41.9 Å². The Morgan fingerprint density at radius 2 is 0.820 bits per heavy atom. The molecule has 11 heterocycles. The predicted molar refractivity (Wildman–Crippen MR) is 374 cm³/mol. The molecule has 100 heavy (non-hydrogen) atoms. The molecule has 0 aliphatic carbocycles. The second-order valence-electron chi connectivity index (χ2n) is 26.5. The fraction of sp³-hybridized carbons (Fsp3) is 0.463. The molecule has 15 atom stereocenters. The number of nitrogens with one attached hydrogen (secondary N) is 2. The summed E-state index contributed by atoms with van der Waals surface area (Å²) in [6.45, 7) is 17.9. The van der Waals surface area contributed by atoms with E-state index in [-0.39, 0.29) is 12.4 Å². The summed E-state index contributed by atoms with van der Waals surface area (Å²) < 4.78 is 49.3. The summed E-state index contributed by atoms with van der Waals surface area (Å²) in [6, 6.07) is 26.1. The van der Waals surface area contributed by atoms with Crippen molar-refractivity contribution in [3.05, 3.63) is 165 Å². The van der Waals surface area contributed by atoms with Crippen LogP contribution in [0.2, 0.25) is 20.2 Å². The van der Waals surface area contributed by atoms with Crippen LogP contribution in [0.4, 0.5) is 11.6 Å². The third kappa shape index (κ3) is 16.1. The molecule has 0 unspecified atom stereocenters. The van der Waals surface area contributed by atoms with Gasteiger partial charge in [0, 0.05) is 33.7 Å². The molecule has 10 N–H and O–H groups in total. The normalized spacial score (nSPS) is 27.8. The fourth-order valence-corrected chi connectivity index (χ4v) is 13.5. The third-order valence-electron chi connectivity index (χ3n) is 17.0. The molecule has 0 saturated carbocycles. The maximum atomic E-state index is 11.3. The average Bonchev–Trinajstić information content (AvgIpc) is 1.57. The van der Waals surface area contributed by atoms with Gasteiger partial charge in [-0.2, -0.15) is 0 Å². The molecule has 542 valence electrons. The number of hydrogen-bond acceptors (Lipinski definition) is 25. The number of nitrogens with two attached hydrogens (primary N) is 1. The second-order valence-corrected chi connectivity index (χ2v) is 28.1. The lowest BCUT2D eigenvalue weighted by Gasteiger charge is -2.32. The summed E-state index contributed by atoms with van der Waals surface area (Å²) in [6.07, 6.45) is -0.415. The Morgan fingerprint density at radius 3 is 1.18 bits per heavy atom. The Balaban J connectivity index is 0.000000165. The van der Waals surface area contributed by atoms with Crippen LogP contribution in [-0.2, 0) is 47.7 Å². The molecule has 14 rings (SSSR count). The molecule has 33 heteroatoms. The average molecular weight is 1490 g/mol. The zero-order valence-electron chi connectivity index (χ0n) is 56.8. The molecule has 5 saturated heterocycles. The summed E-state index contributed by atoms with van der Waals surface area (Å²) in [5.41, 5.74) is 5.00. The maximum Gasteiger partial charge on any atom is 0.165 e. The number of aliphatic hydroxyl groups excluding tert-OH is 4. The Morgan fingerprint density at radius 1 is 0.510 bits per heavy atom. The topological polar surface area (TPSA) is 356 Å². The van der Waals surface area contributed by atoms with Crippen molar-refractivity contribution in [3.8, 4) is 0 Å². The quantitative estimate of drug-likeness (QED) is 0.0382. The van der Waals surface area contributed by atoms with E-state index >= 15 is 0 Å². The standard InChI is InChI=1S/C22H25ClN4O5.C21H21Cl2N3O4.C19H21ClN4O5.C4H10O.CH5NO.ClH/c1-21(2)31-17-20(27-10-9-14-18(26-29-4)24-11-25-19(14)27)30-16(22(17,3)32-21)15(28)12-5-7-13(23)8-6-12;1-20(2)29-16-19(26-9-8-13-17(23)24-10-25-18(13)26)28-15(21(16,3)30-20)14(27)11-4-6-12(22)7-5-11;1-19(27)14(26)18(29-15(19)13(25)10-3-5-11(20)6-4-10)24-8-7-12-16(23-28-2)21-9-22-17(12)24;1-4(2,3)5;1-3-2;/h5-11,15-17,20,28H,1-4H3,(H,24,25,26);4-10,14-16,19,27H,1-3H3;3-9,13-15,18,25-27H,1-2H3,(H,21,22,23);5H,1-3H3;2H2,1H3;1H/t15-,16-,17+,20-,22-;14-,15-,16+,19-,21-;13-,14+,15-,18-,19+;;;/m111.../s1. The largest absolute Gasteiger partial charge is 0.391 e. The van der Waals surface area contributed by atoms with E-state index in [1.54, 1.807) is 110 Å². The van der Waals surface area contributed by atoms with E-state index in [0.29, 0.717) is 76.3 Å². The first-order valence-corrected chi connectivity index (χ1v) is 32.8. The van der Waals surface area contributed by atoms with Crippen molar-refractivity contribution in [1.29, 1.82) is 0 Å². The highest BCUT2D eigenvalue weighted by Crippen LogP contribution is 2.56. The van der Waals surface area contributed by atoms with Crippen molar-refractivity contribution >= 4 is 104 Å². The van der Waals surface area contributed by atoms with Gasteiger partial charge in [0.1, 0.15) is 113 Å². The van der Waals surface area contributed by atoms with Gasteiger partial charge in [0.25, 0.3) is 0 Å². The van der Waals surface area contributed by atoms with E-state index in [1.165, 1.54) is 47.2 Å². The first-order chi connectivity index (χ1) is 46.7. The fourth-order valence-electron chi connectivity index (χ4n) is 12.9. The predicted octanol–water partition coefficient (Wildman–Crippen LogP) is 10.4. The highest BCUT2D eigenvalue weighted by Gasteiger charge is 2.67. The third-order valence-corrected chi connectivity index (χ3v) is 18.1. The highest BCUT2D eigenvalue weighted by molar-refractivity contribution is 6.34. The Hall–Kier alpha value is -6.11. The lowest BCUT2D eigenvalue weighted by atomic mass is 9.88. The van der Waals surface area contributed by atoms with Crippen LogP contribution in [-0.4, -0.2) is 166 Å². The molecule has 0 amide bonds. The lowest BCUT2D eigenvalue weighted by molar-refractivity contribution is -0.223. The SMILES string of the molecule is CC(C)(C)O.CC1(C)O[C@H]2[C@H](n3ccc4c(Cl)ncnc43)O[C@H]([C@H](O)c3ccc(Cl)cc3)[C@@]2(C)O1.CON.CONc1ncnc2c1ccn2[C@@H]1O[C@H]([C@H](O)c2ccc(Cl)cc2)[C@@](C)(O)[C@H]1O.CONc1ncnc2c1ccn2[C@@H]1O[C@H]([C@H](O)c2ccc(Cl)cc2)[C@@]2(C)OC(C)(C)O[C@@H]12.Cl. The first kappa shape index (κ1) is 78.0. The number of aliphatic hydroxyl groups is 6. The number of ether oxygens (including phenoxy) is 7. The summed E-state index contributed by atoms with van der Waals surface area (Å²) in [5.74, 6) is 3.65. The van der Waals surface area contributed by atoms with Gasteiger partial charge in [-0.05, 0) is 141 Å². The van der Waals surface area contributed by atoms with Crippen molar-refractivity contribution < 1.29 is 78.3 Å². The molecule has 0 radical (unpaired) electrons.